The number of thioether (sulfide) groups is 1. The molecule has 0 fully saturated rings. The van der Waals surface area contributed by atoms with Gasteiger partial charge in [-0.05, 0) is 12.1 Å². The van der Waals surface area contributed by atoms with Gasteiger partial charge in [0, 0.05) is 10.6 Å². The minimum absolute atomic E-state index is 0.279. The number of hydrogen-bond acceptors (Lipinski definition) is 4. The van der Waals surface area contributed by atoms with Gasteiger partial charge in [0.1, 0.15) is 0 Å². The average Bonchev–Trinajstić information content (AvgIpc) is 2.31. The summed E-state index contributed by atoms with van der Waals surface area (Å²) < 4.78 is 4.52. The van der Waals surface area contributed by atoms with Crippen molar-refractivity contribution in [2.45, 2.75) is 11.3 Å². The Bertz CT molecular complexity index is 448. The molecule has 90 valence electrons. The maximum absolute atomic E-state index is 10.9. The lowest BCUT2D eigenvalue weighted by Crippen LogP contribution is -2.01. The number of ether oxygens (including phenoxy) is 1. The van der Waals surface area contributed by atoms with Crippen molar-refractivity contribution in [3.05, 3.63) is 27.7 Å². The Balaban J connectivity index is 2.72. The van der Waals surface area contributed by atoms with E-state index in [1.54, 1.807) is 12.1 Å². The van der Waals surface area contributed by atoms with Crippen LogP contribution in [0.1, 0.15) is 12.0 Å². The molecular formula is C11H9Cl2NO2S. The summed E-state index contributed by atoms with van der Waals surface area (Å²) in [6.45, 7) is 0. The van der Waals surface area contributed by atoms with Crippen LogP contribution in [0.15, 0.2) is 17.0 Å². The van der Waals surface area contributed by atoms with Gasteiger partial charge in [0.2, 0.25) is 0 Å². The predicted molar refractivity (Wildman–Crippen MR) is 68.5 cm³/mol. The molecule has 0 saturated heterocycles. The van der Waals surface area contributed by atoms with Gasteiger partial charge in [-0.25, -0.2) is 0 Å². The van der Waals surface area contributed by atoms with Crippen molar-refractivity contribution >= 4 is 40.9 Å². The highest BCUT2D eigenvalue weighted by Gasteiger charge is 2.10. The van der Waals surface area contributed by atoms with Crippen molar-refractivity contribution in [3.8, 4) is 6.07 Å². The number of nitriles is 1. The summed E-state index contributed by atoms with van der Waals surface area (Å²) in [4.78, 5) is 11.6. The standard InChI is InChI=1S/C11H9Cl2NO2S/c1-16-10(15)2-3-17-11-8(12)4-7(6-14)5-9(11)13/h4-5H,2-3H2,1H3. The van der Waals surface area contributed by atoms with Gasteiger partial charge < -0.3 is 4.74 Å². The van der Waals surface area contributed by atoms with Crippen LogP contribution in [0, 0.1) is 11.3 Å². The first-order chi connectivity index (χ1) is 8.08. The van der Waals surface area contributed by atoms with E-state index in [9.17, 15) is 4.79 Å². The molecule has 6 heteroatoms. The maximum Gasteiger partial charge on any atom is 0.306 e. The number of halogens is 2. The number of carbonyl (C=O) groups excluding carboxylic acids is 1. The monoisotopic (exact) mass is 289 g/mol. The summed E-state index contributed by atoms with van der Waals surface area (Å²) in [6, 6.07) is 5.07. The van der Waals surface area contributed by atoms with Crippen LogP contribution in [-0.4, -0.2) is 18.8 Å². The van der Waals surface area contributed by atoms with E-state index in [1.807, 2.05) is 6.07 Å². The van der Waals surface area contributed by atoms with E-state index < -0.39 is 0 Å². The van der Waals surface area contributed by atoms with Crippen LogP contribution in [0.3, 0.4) is 0 Å². The topological polar surface area (TPSA) is 50.1 Å². The van der Waals surface area contributed by atoms with E-state index in [-0.39, 0.29) is 12.4 Å². The maximum atomic E-state index is 10.9. The van der Waals surface area contributed by atoms with Gasteiger partial charge in [0.25, 0.3) is 0 Å². The fourth-order valence-electron chi connectivity index (χ4n) is 1.10. The highest BCUT2D eigenvalue weighted by atomic mass is 35.5. The van der Waals surface area contributed by atoms with E-state index in [0.717, 1.165) is 0 Å². The van der Waals surface area contributed by atoms with Crippen LogP contribution < -0.4 is 0 Å². The minimum Gasteiger partial charge on any atom is -0.469 e. The highest BCUT2D eigenvalue weighted by Crippen LogP contribution is 2.35. The van der Waals surface area contributed by atoms with Gasteiger partial charge >= 0.3 is 5.97 Å². The summed E-state index contributed by atoms with van der Waals surface area (Å²) >= 11 is 13.3. The largest absolute Gasteiger partial charge is 0.469 e. The summed E-state index contributed by atoms with van der Waals surface area (Å²) in [5, 5.41) is 9.56. The van der Waals surface area contributed by atoms with Crippen LogP contribution in [0.2, 0.25) is 10.0 Å². The molecule has 0 amide bonds. The summed E-state index contributed by atoms with van der Waals surface area (Å²) in [7, 11) is 1.34. The predicted octanol–water partition coefficient (Wildman–Crippen LogP) is 3.52. The normalized spacial score (nSPS) is 9.76. The molecule has 0 N–H and O–H groups in total. The quantitative estimate of drug-likeness (QED) is 0.629. The van der Waals surface area contributed by atoms with Gasteiger partial charge in [-0.3, -0.25) is 4.79 Å². The average molecular weight is 290 g/mol. The molecule has 3 nitrogen and oxygen atoms in total. The lowest BCUT2D eigenvalue weighted by molar-refractivity contribution is -0.140. The second-order valence-electron chi connectivity index (χ2n) is 3.06. The van der Waals surface area contributed by atoms with E-state index in [1.165, 1.54) is 18.9 Å². The van der Waals surface area contributed by atoms with Gasteiger partial charge in [-0.2, -0.15) is 5.26 Å². The minimum atomic E-state index is -0.279. The molecule has 0 aliphatic rings. The number of esters is 1. The molecule has 1 aromatic rings. The molecule has 0 aromatic heterocycles. The van der Waals surface area contributed by atoms with Crippen molar-refractivity contribution in [2.75, 3.05) is 12.9 Å². The Hall–Kier alpha value is -0.890. The third-order valence-corrected chi connectivity index (χ3v) is 3.86. The molecule has 0 aliphatic carbocycles. The first-order valence-corrected chi connectivity index (χ1v) is 6.41. The number of methoxy groups -OCH3 is 1. The number of nitrogens with zero attached hydrogens (tertiary/aromatic N) is 1. The molecule has 0 radical (unpaired) electrons. The first-order valence-electron chi connectivity index (χ1n) is 4.67. The molecule has 0 heterocycles. The van der Waals surface area contributed by atoms with E-state index in [4.69, 9.17) is 28.5 Å². The molecule has 0 spiro atoms. The second-order valence-corrected chi connectivity index (χ2v) is 4.97. The molecule has 1 rings (SSSR count). The molecule has 0 atom stereocenters. The van der Waals surface area contributed by atoms with Crippen molar-refractivity contribution < 1.29 is 9.53 Å². The molecule has 0 aliphatic heterocycles. The third-order valence-electron chi connectivity index (χ3n) is 1.91. The Morgan fingerprint density at radius 2 is 2.06 bits per heavy atom. The zero-order valence-electron chi connectivity index (χ0n) is 9.00. The smallest absolute Gasteiger partial charge is 0.306 e. The Kier molecular flexibility index (Phi) is 5.63. The molecular weight excluding hydrogens is 281 g/mol. The van der Waals surface area contributed by atoms with Crippen molar-refractivity contribution in [1.29, 1.82) is 5.26 Å². The Morgan fingerprint density at radius 3 is 2.53 bits per heavy atom. The van der Waals surface area contributed by atoms with Gasteiger partial charge in [-0.15, -0.1) is 11.8 Å². The number of carbonyl (C=O) groups is 1. The highest BCUT2D eigenvalue weighted by molar-refractivity contribution is 7.99. The lowest BCUT2D eigenvalue weighted by atomic mass is 10.2. The Labute approximate surface area is 114 Å². The SMILES string of the molecule is COC(=O)CCSc1c(Cl)cc(C#N)cc1Cl. The van der Waals surface area contributed by atoms with Crippen LogP contribution in [0.4, 0.5) is 0 Å². The molecule has 0 saturated carbocycles. The van der Waals surface area contributed by atoms with Gasteiger partial charge in [-0.1, -0.05) is 23.2 Å². The van der Waals surface area contributed by atoms with Crippen LogP contribution in [-0.2, 0) is 9.53 Å². The molecule has 0 unspecified atom stereocenters. The van der Waals surface area contributed by atoms with Crippen molar-refractivity contribution in [3.63, 3.8) is 0 Å². The van der Waals surface area contributed by atoms with Crippen LogP contribution in [0.5, 0.6) is 0 Å². The van der Waals surface area contributed by atoms with E-state index >= 15 is 0 Å². The summed E-state index contributed by atoms with van der Waals surface area (Å²) in [6.07, 6.45) is 0.286. The number of hydrogen-bond donors (Lipinski definition) is 0. The molecule has 0 bridgehead atoms. The van der Waals surface area contributed by atoms with Crippen molar-refractivity contribution in [1.82, 2.24) is 0 Å². The van der Waals surface area contributed by atoms with Crippen molar-refractivity contribution in [2.24, 2.45) is 0 Å². The third kappa shape index (κ3) is 4.12. The molecule has 1 aromatic carbocycles. The van der Waals surface area contributed by atoms with E-state index in [0.29, 0.717) is 26.3 Å². The summed E-state index contributed by atoms with van der Waals surface area (Å²) in [5.74, 6) is 0.247. The van der Waals surface area contributed by atoms with E-state index in [2.05, 4.69) is 4.74 Å². The number of rotatable bonds is 4. The fraction of sp³-hybridized carbons (Fsp3) is 0.273. The van der Waals surface area contributed by atoms with Crippen LogP contribution >= 0.6 is 35.0 Å². The molecule has 17 heavy (non-hydrogen) atoms. The second kappa shape index (κ2) is 6.75. The first kappa shape index (κ1) is 14.2. The fourth-order valence-corrected chi connectivity index (χ4v) is 2.78. The zero-order valence-corrected chi connectivity index (χ0v) is 11.3. The van der Waals surface area contributed by atoms with Gasteiger partial charge in [0.15, 0.2) is 0 Å². The summed E-state index contributed by atoms with van der Waals surface area (Å²) in [5.41, 5.74) is 0.414. The lowest BCUT2D eigenvalue weighted by Gasteiger charge is -2.06. The number of benzene rings is 1. The van der Waals surface area contributed by atoms with Gasteiger partial charge in [0.05, 0.1) is 35.2 Å². The zero-order chi connectivity index (χ0) is 12.8. The van der Waals surface area contributed by atoms with Crippen LogP contribution in [0.25, 0.3) is 0 Å². The Morgan fingerprint density at radius 1 is 1.47 bits per heavy atom.